The fourth-order valence-corrected chi connectivity index (χ4v) is 6.04. The fourth-order valence-electron chi connectivity index (χ4n) is 3.21. The van der Waals surface area contributed by atoms with Gasteiger partial charge in [0.05, 0.1) is 0 Å². The van der Waals surface area contributed by atoms with Crippen LogP contribution in [0.4, 0.5) is 0 Å². The third-order valence-corrected chi connectivity index (χ3v) is 6.93. The molecule has 2 fully saturated rings. The molecular weight excluding hydrogens is 303 g/mol. The van der Waals surface area contributed by atoms with E-state index in [1.165, 1.54) is 65.2 Å². The van der Waals surface area contributed by atoms with E-state index in [0.29, 0.717) is 16.2 Å². The molecule has 17 heavy (non-hydrogen) atoms. The molecule has 0 aliphatic carbocycles. The first-order valence-corrected chi connectivity index (χ1v) is 8.40. The first-order valence-electron chi connectivity index (χ1n) is 6.76. The minimum atomic E-state index is 0.488. The average molecular weight is 323 g/mol. The van der Waals surface area contributed by atoms with Crippen molar-refractivity contribution in [3.8, 4) is 0 Å². The van der Waals surface area contributed by atoms with Gasteiger partial charge in [0.1, 0.15) is 0 Å². The van der Waals surface area contributed by atoms with Crippen LogP contribution in [-0.4, -0.2) is 80.7 Å². The van der Waals surface area contributed by atoms with Crippen LogP contribution in [-0.2, 0) is 16.2 Å². The zero-order chi connectivity index (χ0) is 11.2. The van der Waals surface area contributed by atoms with Crippen molar-refractivity contribution in [3.63, 3.8) is 0 Å². The molecule has 0 spiro atoms. The molecule has 2 bridgehead atoms. The van der Waals surface area contributed by atoms with Crippen molar-refractivity contribution in [2.24, 2.45) is 0 Å². The quantitative estimate of drug-likeness (QED) is 0.546. The molecule has 0 aromatic carbocycles. The number of nitrogens with zero attached hydrogens (tertiary/aromatic N) is 4. The van der Waals surface area contributed by atoms with Crippen molar-refractivity contribution in [3.05, 3.63) is 0 Å². The molecule has 0 radical (unpaired) electrons. The normalized spacial score (nSPS) is 32.5. The van der Waals surface area contributed by atoms with E-state index >= 15 is 0 Å². The van der Waals surface area contributed by atoms with E-state index in [2.05, 4.69) is 19.6 Å². The predicted octanol–water partition coefficient (Wildman–Crippen LogP) is -0.714. The molecule has 0 saturated carbocycles. The second kappa shape index (κ2) is 4.39. The van der Waals surface area contributed by atoms with Crippen LogP contribution in [0.5, 0.6) is 0 Å². The van der Waals surface area contributed by atoms with Gasteiger partial charge in [-0.15, -0.1) is 0 Å². The topological polar surface area (TPSA) is 13.0 Å². The molecule has 4 rings (SSSR count). The molecule has 0 N–H and O–H groups in total. The SMILES string of the molecule is C1CN2CCN3CCCN4CCN(C1)[C]4=[Rh]=[C]23. The first-order chi connectivity index (χ1) is 8.42. The summed E-state index contributed by atoms with van der Waals surface area (Å²) in [7, 11) is 0. The second-order valence-electron chi connectivity index (χ2n) is 5.24. The van der Waals surface area contributed by atoms with E-state index in [-0.39, 0.29) is 0 Å². The Morgan fingerprint density at radius 1 is 0.529 bits per heavy atom. The average Bonchev–Trinajstić information content (AvgIpc) is 2.81. The number of rotatable bonds is 0. The molecule has 5 heteroatoms. The number of hydrogen-bond donors (Lipinski definition) is 0. The summed E-state index contributed by atoms with van der Waals surface area (Å²) in [6, 6.07) is 0. The zero-order valence-corrected chi connectivity index (χ0v) is 11.8. The maximum absolute atomic E-state index is 2.68. The van der Waals surface area contributed by atoms with E-state index in [1.807, 2.05) is 0 Å². The molecule has 4 aliphatic heterocycles. The van der Waals surface area contributed by atoms with Gasteiger partial charge in [-0.25, -0.2) is 0 Å². The molecule has 4 heterocycles. The van der Waals surface area contributed by atoms with Crippen LogP contribution in [0.2, 0.25) is 0 Å². The van der Waals surface area contributed by atoms with E-state index in [1.54, 1.807) is 8.71 Å². The summed E-state index contributed by atoms with van der Waals surface area (Å²) in [5.41, 5.74) is 0. The maximum atomic E-state index is 2.68. The molecule has 0 atom stereocenters. The van der Waals surface area contributed by atoms with Crippen LogP contribution >= 0.6 is 0 Å². The van der Waals surface area contributed by atoms with Gasteiger partial charge in [-0.3, -0.25) is 0 Å². The van der Waals surface area contributed by atoms with E-state index in [9.17, 15) is 0 Å². The standard InChI is InChI=1S/C12H20N4.Rh/c1-3-13-7-9-15(11-13)5-2-6-16-10-8-14(4-1)12-16;/h1-10H2;. The Morgan fingerprint density at radius 3 is 1.24 bits per heavy atom. The minimum absolute atomic E-state index is 0.488. The Morgan fingerprint density at radius 2 is 0.882 bits per heavy atom. The van der Waals surface area contributed by atoms with Crippen LogP contribution in [0, 0.1) is 0 Å². The molecule has 0 amide bonds. The Hall–Kier alpha value is 0.203. The van der Waals surface area contributed by atoms with Gasteiger partial charge in [-0.2, -0.15) is 0 Å². The van der Waals surface area contributed by atoms with Crippen LogP contribution < -0.4 is 0 Å². The Labute approximate surface area is 110 Å². The molecule has 4 nitrogen and oxygen atoms in total. The van der Waals surface area contributed by atoms with Crippen LogP contribution in [0.3, 0.4) is 0 Å². The van der Waals surface area contributed by atoms with Gasteiger partial charge >= 0.3 is 110 Å². The van der Waals surface area contributed by atoms with Crippen molar-refractivity contribution in [2.75, 3.05) is 52.4 Å². The summed E-state index contributed by atoms with van der Waals surface area (Å²) in [6.45, 7) is 10.3. The molecule has 0 aromatic rings. The zero-order valence-electron chi connectivity index (χ0n) is 10.2. The van der Waals surface area contributed by atoms with Gasteiger partial charge < -0.3 is 0 Å². The van der Waals surface area contributed by atoms with E-state index in [4.69, 9.17) is 0 Å². The molecule has 97 valence electrons. The molecule has 0 unspecified atom stereocenters. The van der Waals surface area contributed by atoms with Crippen LogP contribution in [0.25, 0.3) is 0 Å². The Balaban J connectivity index is 1.85. The third kappa shape index (κ3) is 1.84. The van der Waals surface area contributed by atoms with Gasteiger partial charge in [0.25, 0.3) is 0 Å². The predicted molar refractivity (Wildman–Crippen MR) is 65.5 cm³/mol. The van der Waals surface area contributed by atoms with Gasteiger partial charge in [0, 0.05) is 0 Å². The van der Waals surface area contributed by atoms with Crippen molar-refractivity contribution in [1.82, 2.24) is 19.6 Å². The van der Waals surface area contributed by atoms with Gasteiger partial charge in [0.2, 0.25) is 0 Å². The van der Waals surface area contributed by atoms with Gasteiger partial charge in [-0.05, 0) is 0 Å². The second-order valence-corrected chi connectivity index (χ2v) is 7.11. The van der Waals surface area contributed by atoms with Crippen molar-refractivity contribution >= 4 is 8.71 Å². The van der Waals surface area contributed by atoms with Crippen molar-refractivity contribution in [2.45, 2.75) is 12.8 Å². The Kier molecular flexibility index (Phi) is 2.86. The van der Waals surface area contributed by atoms with Crippen LogP contribution in [0.15, 0.2) is 0 Å². The van der Waals surface area contributed by atoms with E-state index < -0.39 is 0 Å². The van der Waals surface area contributed by atoms with Crippen molar-refractivity contribution in [1.29, 1.82) is 0 Å². The third-order valence-electron chi connectivity index (χ3n) is 4.13. The van der Waals surface area contributed by atoms with Gasteiger partial charge in [-0.1, -0.05) is 0 Å². The summed E-state index contributed by atoms with van der Waals surface area (Å²) in [4.78, 5) is 10.7. The molecule has 4 aliphatic rings. The summed E-state index contributed by atoms with van der Waals surface area (Å²) >= 11 is 0.488. The number of hydrogen-bond acceptors (Lipinski definition) is 4. The summed E-state index contributed by atoms with van der Waals surface area (Å²) < 4.78 is 3.38. The first kappa shape index (κ1) is 11.1. The Bertz CT molecular complexity index is 339. The molecular formula is C12H20N4Rh. The van der Waals surface area contributed by atoms with E-state index in [0.717, 1.165) is 0 Å². The summed E-state index contributed by atoms with van der Waals surface area (Å²) in [6.07, 6.45) is 2.68. The molecule has 2 saturated heterocycles. The summed E-state index contributed by atoms with van der Waals surface area (Å²) in [5.74, 6) is 0. The fraction of sp³-hybridized carbons (Fsp3) is 0.833. The molecule has 0 aromatic heterocycles. The van der Waals surface area contributed by atoms with Gasteiger partial charge in [0.15, 0.2) is 0 Å². The summed E-state index contributed by atoms with van der Waals surface area (Å²) in [5, 5.41) is 0. The van der Waals surface area contributed by atoms with Crippen LogP contribution in [0.1, 0.15) is 12.8 Å². The monoisotopic (exact) mass is 323 g/mol. The van der Waals surface area contributed by atoms with Crippen molar-refractivity contribution < 1.29 is 16.2 Å².